The Morgan fingerprint density at radius 1 is 1.56 bits per heavy atom. The fourth-order valence-corrected chi connectivity index (χ4v) is 2.03. The topological polar surface area (TPSA) is 68.3 Å². The minimum Gasteiger partial charge on any atom is -0.467 e. The van der Waals surface area contributed by atoms with Gasteiger partial charge in [-0.3, -0.25) is 4.79 Å². The number of hydrogen-bond acceptors (Lipinski definition) is 3. The van der Waals surface area contributed by atoms with Crippen molar-refractivity contribution in [3.05, 3.63) is 24.2 Å². The first kappa shape index (κ1) is 13.1. The molecule has 1 fully saturated rings. The quantitative estimate of drug-likeness (QED) is 0.846. The normalized spacial score (nSPS) is 23.8. The van der Waals surface area contributed by atoms with Gasteiger partial charge in [0.25, 0.3) is 0 Å². The predicted molar refractivity (Wildman–Crippen MR) is 63.1 cm³/mol. The van der Waals surface area contributed by atoms with Crippen molar-refractivity contribution in [3.8, 4) is 0 Å². The molecule has 3 N–H and O–H groups in total. The molecule has 1 aromatic heterocycles. The van der Waals surface area contributed by atoms with E-state index in [2.05, 4.69) is 5.32 Å². The number of hydrogen-bond donors (Lipinski definition) is 2. The minimum atomic E-state index is -0.0139. The number of carbonyl (C=O) groups is 1. The first-order chi connectivity index (χ1) is 7.27. The number of amides is 1. The van der Waals surface area contributed by atoms with Gasteiger partial charge in [0.2, 0.25) is 5.91 Å². The Morgan fingerprint density at radius 3 is 2.94 bits per heavy atom. The lowest BCUT2D eigenvalue weighted by Crippen LogP contribution is -2.38. The van der Waals surface area contributed by atoms with Crippen molar-refractivity contribution in [2.45, 2.75) is 31.8 Å². The van der Waals surface area contributed by atoms with E-state index in [0.717, 1.165) is 25.0 Å². The minimum absolute atomic E-state index is 0. The van der Waals surface area contributed by atoms with Gasteiger partial charge in [-0.2, -0.15) is 0 Å². The van der Waals surface area contributed by atoms with E-state index in [0.29, 0.717) is 6.54 Å². The molecule has 1 aliphatic carbocycles. The Labute approximate surface area is 101 Å². The van der Waals surface area contributed by atoms with Crippen molar-refractivity contribution in [2.24, 2.45) is 11.7 Å². The van der Waals surface area contributed by atoms with E-state index in [4.69, 9.17) is 10.2 Å². The summed E-state index contributed by atoms with van der Waals surface area (Å²) in [6, 6.07) is 3.68. The monoisotopic (exact) mass is 244 g/mol. The molecule has 0 saturated heterocycles. The summed E-state index contributed by atoms with van der Waals surface area (Å²) in [5.74, 6) is 0.811. The van der Waals surface area contributed by atoms with Gasteiger partial charge in [-0.05, 0) is 25.0 Å². The number of rotatable bonds is 3. The van der Waals surface area contributed by atoms with Gasteiger partial charge in [0, 0.05) is 6.04 Å². The summed E-state index contributed by atoms with van der Waals surface area (Å²) in [7, 11) is 0. The molecule has 0 spiro atoms. The third-order valence-electron chi connectivity index (χ3n) is 2.92. The summed E-state index contributed by atoms with van der Waals surface area (Å²) in [5.41, 5.74) is 5.84. The van der Waals surface area contributed by atoms with E-state index in [9.17, 15) is 4.79 Å². The highest BCUT2D eigenvalue weighted by Crippen LogP contribution is 2.23. The lowest BCUT2D eigenvalue weighted by atomic mass is 10.0. The lowest BCUT2D eigenvalue weighted by molar-refractivity contribution is -0.125. The molecule has 1 amide bonds. The molecule has 4 nitrogen and oxygen atoms in total. The number of carbonyl (C=O) groups excluding carboxylic acids is 1. The Bertz CT molecular complexity index is 327. The van der Waals surface area contributed by atoms with Crippen molar-refractivity contribution >= 4 is 18.3 Å². The molecule has 1 aromatic rings. The molecule has 0 radical (unpaired) electrons. The van der Waals surface area contributed by atoms with Gasteiger partial charge < -0.3 is 15.5 Å². The van der Waals surface area contributed by atoms with E-state index in [-0.39, 0.29) is 30.3 Å². The average Bonchev–Trinajstić information content (AvgIpc) is 2.84. The molecule has 0 aliphatic heterocycles. The summed E-state index contributed by atoms with van der Waals surface area (Å²) in [6.45, 7) is 0.453. The smallest absolute Gasteiger partial charge is 0.225 e. The second-order valence-corrected chi connectivity index (χ2v) is 4.00. The molecule has 2 rings (SSSR count). The van der Waals surface area contributed by atoms with Crippen molar-refractivity contribution in [3.63, 3.8) is 0 Å². The number of furan rings is 1. The van der Waals surface area contributed by atoms with E-state index >= 15 is 0 Å². The summed E-state index contributed by atoms with van der Waals surface area (Å²) in [4.78, 5) is 11.7. The molecule has 0 bridgehead atoms. The molecule has 0 aromatic carbocycles. The largest absolute Gasteiger partial charge is 0.467 e. The maximum Gasteiger partial charge on any atom is 0.225 e. The van der Waals surface area contributed by atoms with Crippen LogP contribution in [0.5, 0.6) is 0 Å². The standard InChI is InChI=1S/C11H16N2O2.ClH/c12-10-5-1-4-9(10)11(14)13-7-8-3-2-6-15-8;/h2-3,6,9-10H,1,4-5,7,12H2,(H,13,14);1H. The van der Waals surface area contributed by atoms with Crippen LogP contribution in [0, 0.1) is 5.92 Å². The number of nitrogens with two attached hydrogens (primary N) is 1. The molecule has 1 saturated carbocycles. The zero-order chi connectivity index (χ0) is 10.7. The first-order valence-corrected chi connectivity index (χ1v) is 5.33. The van der Waals surface area contributed by atoms with Gasteiger partial charge >= 0.3 is 0 Å². The van der Waals surface area contributed by atoms with Crippen LogP contribution in [0.15, 0.2) is 22.8 Å². The van der Waals surface area contributed by atoms with Crippen molar-refractivity contribution in [1.29, 1.82) is 0 Å². The van der Waals surface area contributed by atoms with Crippen LogP contribution < -0.4 is 11.1 Å². The van der Waals surface area contributed by atoms with Crippen LogP contribution >= 0.6 is 12.4 Å². The van der Waals surface area contributed by atoms with E-state index in [1.807, 2.05) is 12.1 Å². The van der Waals surface area contributed by atoms with Crippen LogP contribution in [-0.4, -0.2) is 11.9 Å². The van der Waals surface area contributed by atoms with Crippen LogP contribution in [0.25, 0.3) is 0 Å². The summed E-state index contributed by atoms with van der Waals surface area (Å²) in [5, 5.41) is 2.84. The Kier molecular flexibility index (Phi) is 4.83. The van der Waals surface area contributed by atoms with Gasteiger partial charge in [-0.1, -0.05) is 6.42 Å². The van der Waals surface area contributed by atoms with E-state index in [1.165, 1.54) is 0 Å². The third-order valence-corrected chi connectivity index (χ3v) is 2.92. The number of nitrogens with one attached hydrogen (secondary N) is 1. The second kappa shape index (κ2) is 5.92. The maximum atomic E-state index is 11.7. The highest BCUT2D eigenvalue weighted by Gasteiger charge is 2.29. The maximum absolute atomic E-state index is 11.7. The van der Waals surface area contributed by atoms with Gasteiger partial charge in [0.1, 0.15) is 5.76 Å². The highest BCUT2D eigenvalue weighted by atomic mass is 35.5. The molecule has 2 unspecified atom stereocenters. The van der Waals surface area contributed by atoms with Crippen LogP contribution in [0.2, 0.25) is 0 Å². The molecule has 1 aliphatic rings. The zero-order valence-electron chi connectivity index (χ0n) is 9.02. The molecule has 1 heterocycles. The average molecular weight is 245 g/mol. The van der Waals surface area contributed by atoms with E-state index < -0.39 is 0 Å². The Morgan fingerprint density at radius 2 is 2.38 bits per heavy atom. The highest BCUT2D eigenvalue weighted by molar-refractivity contribution is 5.85. The van der Waals surface area contributed by atoms with Crippen LogP contribution in [0.4, 0.5) is 0 Å². The van der Waals surface area contributed by atoms with E-state index in [1.54, 1.807) is 6.26 Å². The molecule has 2 atom stereocenters. The van der Waals surface area contributed by atoms with Crippen molar-refractivity contribution in [2.75, 3.05) is 0 Å². The molecule has 5 heteroatoms. The summed E-state index contributed by atoms with van der Waals surface area (Å²) in [6.07, 6.45) is 4.52. The molecule has 90 valence electrons. The molecular weight excluding hydrogens is 228 g/mol. The molecule has 16 heavy (non-hydrogen) atoms. The fraction of sp³-hybridized carbons (Fsp3) is 0.545. The van der Waals surface area contributed by atoms with Crippen LogP contribution in [-0.2, 0) is 11.3 Å². The summed E-state index contributed by atoms with van der Waals surface area (Å²) < 4.78 is 5.13. The second-order valence-electron chi connectivity index (χ2n) is 4.00. The lowest BCUT2D eigenvalue weighted by Gasteiger charge is -2.14. The van der Waals surface area contributed by atoms with Crippen LogP contribution in [0.3, 0.4) is 0 Å². The van der Waals surface area contributed by atoms with Crippen molar-refractivity contribution < 1.29 is 9.21 Å². The fourth-order valence-electron chi connectivity index (χ4n) is 2.03. The molecular formula is C11H17ClN2O2. The third kappa shape index (κ3) is 3.00. The van der Waals surface area contributed by atoms with Gasteiger partial charge in [0.15, 0.2) is 0 Å². The predicted octanol–water partition coefficient (Wildman–Crippen LogP) is 1.44. The zero-order valence-corrected chi connectivity index (χ0v) is 9.83. The van der Waals surface area contributed by atoms with Gasteiger partial charge in [0.05, 0.1) is 18.7 Å². The van der Waals surface area contributed by atoms with Gasteiger partial charge in [-0.25, -0.2) is 0 Å². The Hall–Kier alpha value is -1.00. The first-order valence-electron chi connectivity index (χ1n) is 5.33. The Balaban J connectivity index is 0.00000128. The summed E-state index contributed by atoms with van der Waals surface area (Å²) >= 11 is 0. The number of halogens is 1. The van der Waals surface area contributed by atoms with Crippen molar-refractivity contribution in [1.82, 2.24) is 5.32 Å². The van der Waals surface area contributed by atoms with Crippen LogP contribution in [0.1, 0.15) is 25.0 Å². The SMILES string of the molecule is Cl.NC1CCCC1C(=O)NCc1ccco1. The van der Waals surface area contributed by atoms with Gasteiger partial charge in [-0.15, -0.1) is 12.4 Å².